The summed E-state index contributed by atoms with van der Waals surface area (Å²) in [6.45, 7) is 0.722. The molecule has 0 aliphatic heterocycles. The molecule has 0 atom stereocenters. The molecule has 0 heterocycles. The first kappa shape index (κ1) is 14.3. The van der Waals surface area contributed by atoms with Crippen molar-refractivity contribution in [2.24, 2.45) is 0 Å². The molecule has 2 rings (SSSR count). The maximum absolute atomic E-state index is 10.5. The molecule has 0 saturated heterocycles. The maximum Gasteiger partial charge on any atom is 0.328 e. The third-order valence-corrected chi connectivity index (χ3v) is 3.24. The Hall–Kier alpha value is -2.07. The van der Waals surface area contributed by atoms with E-state index >= 15 is 0 Å². The molecule has 0 bridgehead atoms. The van der Waals surface area contributed by atoms with Crippen molar-refractivity contribution >= 4 is 33.7 Å². The van der Waals surface area contributed by atoms with Crippen LogP contribution in [0.5, 0.6) is 0 Å². The van der Waals surface area contributed by atoms with Crippen LogP contribution in [-0.4, -0.2) is 11.1 Å². The minimum atomic E-state index is -0.946. The molecule has 2 N–H and O–H groups in total. The van der Waals surface area contributed by atoms with Crippen LogP contribution >= 0.6 is 15.9 Å². The van der Waals surface area contributed by atoms with E-state index in [4.69, 9.17) is 5.11 Å². The molecule has 0 amide bonds. The molecule has 0 saturated carbocycles. The summed E-state index contributed by atoms with van der Waals surface area (Å²) in [5.74, 6) is -0.946. The SMILES string of the molecule is O=C(O)/C=C/c1cccc(NCc2ccc(Br)cc2)c1. The number of hydrogen-bond acceptors (Lipinski definition) is 2. The molecule has 4 heteroatoms. The second kappa shape index (κ2) is 6.91. The van der Waals surface area contributed by atoms with Crippen molar-refractivity contribution < 1.29 is 9.90 Å². The molecule has 2 aromatic rings. The minimum Gasteiger partial charge on any atom is -0.478 e. The Balaban J connectivity index is 2.01. The number of nitrogens with one attached hydrogen (secondary N) is 1. The molecular formula is C16H14BrNO2. The number of rotatable bonds is 5. The van der Waals surface area contributed by atoms with Crippen molar-refractivity contribution in [3.8, 4) is 0 Å². The first-order valence-corrected chi connectivity index (χ1v) is 6.92. The highest BCUT2D eigenvalue weighted by atomic mass is 79.9. The van der Waals surface area contributed by atoms with Crippen LogP contribution in [0.15, 0.2) is 59.1 Å². The predicted octanol–water partition coefficient (Wildman–Crippen LogP) is 4.16. The van der Waals surface area contributed by atoms with Crippen LogP contribution in [0, 0.1) is 0 Å². The van der Waals surface area contributed by atoms with E-state index in [0.29, 0.717) is 0 Å². The molecule has 0 fully saturated rings. The Morgan fingerprint density at radius 1 is 1.20 bits per heavy atom. The summed E-state index contributed by atoms with van der Waals surface area (Å²) in [7, 11) is 0. The highest BCUT2D eigenvalue weighted by molar-refractivity contribution is 9.10. The molecule has 0 unspecified atom stereocenters. The summed E-state index contributed by atoms with van der Waals surface area (Å²) in [4.78, 5) is 10.5. The third-order valence-electron chi connectivity index (χ3n) is 2.71. The Morgan fingerprint density at radius 3 is 2.65 bits per heavy atom. The fraction of sp³-hybridized carbons (Fsp3) is 0.0625. The van der Waals surface area contributed by atoms with Crippen LogP contribution < -0.4 is 5.32 Å². The molecule has 0 aliphatic rings. The van der Waals surface area contributed by atoms with Gasteiger partial charge in [0.2, 0.25) is 0 Å². The van der Waals surface area contributed by atoms with Gasteiger partial charge in [-0.1, -0.05) is 40.2 Å². The van der Waals surface area contributed by atoms with Gasteiger partial charge in [0, 0.05) is 22.8 Å². The molecule has 0 aromatic heterocycles. The second-order valence-corrected chi connectivity index (χ2v) is 5.19. The Labute approximate surface area is 126 Å². The highest BCUT2D eigenvalue weighted by Crippen LogP contribution is 2.15. The monoisotopic (exact) mass is 331 g/mol. The number of hydrogen-bond donors (Lipinski definition) is 2. The first-order valence-electron chi connectivity index (χ1n) is 6.13. The molecule has 2 aromatic carbocycles. The zero-order valence-electron chi connectivity index (χ0n) is 10.7. The van der Waals surface area contributed by atoms with E-state index < -0.39 is 5.97 Å². The van der Waals surface area contributed by atoms with Crippen molar-refractivity contribution in [3.05, 3.63) is 70.2 Å². The normalized spacial score (nSPS) is 10.7. The topological polar surface area (TPSA) is 49.3 Å². The first-order chi connectivity index (χ1) is 9.63. The van der Waals surface area contributed by atoms with Crippen LogP contribution in [0.3, 0.4) is 0 Å². The number of halogens is 1. The van der Waals surface area contributed by atoms with E-state index in [1.165, 1.54) is 5.56 Å². The third kappa shape index (κ3) is 4.55. The highest BCUT2D eigenvalue weighted by Gasteiger charge is 1.96. The lowest BCUT2D eigenvalue weighted by atomic mass is 10.1. The van der Waals surface area contributed by atoms with E-state index in [-0.39, 0.29) is 0 Å². The summed E-state index contributed by atoms with van der Waals surface area (Å²) in [5.41, 5.74) is 2.99. The van der Waals surface area contributed by atoms with Gasteiger partial charge in [-0.2, -0.15) is 0 Å². The second-order valence-electron chi connectivity index (χ2n) is 4.28. The largest absolute Gasteiger partial charge is 0.478 e. The van der Waals surface area contributed by atoms with Gasteiger partial charge in [-0.05, 0) is 41.5 Å². The molecule has 0 aliphatic carbocycles. The summed E-state index contributed by atoms with van der Waals surface area (Å²) in [5, 5.41) is 11.9. The van der Waals surface area contributed by atoms with Gasteiger partial charge in [-0.25, -0.2) is 4.79 Å². The van der Waals surface area contributed by atoms with Crippen LogP contribution in [0.25, 0.3) is 6.08 Å². The van der Waals surface area contributed by atoms with Crippen LogP contribution in [-0.2, 0) is 11.3 Å². The van der Waals surface area contributed by atoms with Crippen molar-refractivity contribution in [1.82, 2.24) is 0 Å². The zero-order chi connectivity index (χ0) is 14.4. The summed E-state index contributed by atoms with van der Waals surface area (Å²) in [6.07, 6.45) is 2.71. The van der Waals surface area contributed by atoms with Gasteiger partial charge in [-0.15, -0.1) is 0 Å². The van der Waals surface area contributed by atoms with Crippen molar-refractivity contribution in [2.75, 3.05) is 5.32 Å². The van der Waals surface area contributed by atoms with E-state index in [0.717, 1.165) is 28.3 Å². The van der Waals surface area contributed by atoms with E-state index in [9.17, 15) is 4.79 Å². The lowest BCUT2D eigenvalue weighted by Crippen LogP contribution is -1.99. The predicted molar refractivity (Wildman–Crippen MR) is 84.6 cm³/mol. The number of carboxylic acid groups (broad SMARTS) is 1. The number of benzene rings is 2. The van der Waals surface area contributed by atoms with Gasteiger partial charge in [-0.3, -0.25) is 0 Å². The number of carboxylic acids is 1. The smallest absolute Gasteiger partial charge is 0.328 e. The van der Waals surface area contributed by atoms with Crippen LogP contribution in [0.1, 0.15) is 11.1 Å². The minimum absolute atomic E-state index is 0.722. The van der Waals surface area contributed by atoms with Crippen LogP contribution in [0.2, 0.25) is 0 Å². The summed E-state index contributed by atoms with van der Waals surface area (Å²) >= 11 is 3.40. The average molecular weight is 332 g/mol. The molecule has 0 spiro atoms. The number of carbonyl (C=O) groups is 1. The Bertz CT molecular complexity index is 621. The molecule has 20 heavy (non-hydrogen) atoms. The van der Waals surface area contributed by atoms with Gasteiger partial charge >= 0.3 is 5.97 Å². The summed E-state index contributed by atoms with van der Waals surface area (Å²) < 4.78 is 1.06. The lowest BCUT2D eigenvalue weighted by Gasteiger charge is -2.07. The molecule has 102 valence electrons. The Morgan fingerprint density at radius 2 is 1.95 bits per heavy atom. The standard InChI is InChI=1S/C16H14BrNO2/c17-14-7-4-13(5-8-14)11-18-15-3-1-2-12(10-15)6-9-16(19)20/h1-10,18H,11H2,(H,19,20)/b9-6+. The fourth-order valence-electron chi connectivity index (χ4n) is 1.73. The van der Waals surface area contributed by atoms with Crippen molar-refractivity contribution in [1.29, 1.82) is 0 Å². The number of aliphatic carboxylic acids is 1. The lowest BCUT2D eigenvalue weighted by molar-refractivity contribution is -0.131. The van der Waals surface area contributed by atoms with Crippen molar-refractivity contribution in [2.45, 2.75) is 6.54 Å². The average Bonchev–Trinajstić information content (AvgIpc) is 2.45. The molecule has 0 radical (unpaired) electrons. The van der Waals surface area contributed by atoms with Gasteiger partial charge in [0.15, 0.2) is 0 Å². The summed E-state index contributed by atoms with van der Waals surface area (Å²) in [6, 6.07) is 15.7. The zero-order valence-corrected chi connectivity index (χ0v) is 12.3. The molecule has 3 nitrogen and oxygen atoms in total. The fourth-order valence-corrected chi connectivity index (χ4v) is 1.99. The van der Waals surface area contributed by atoms with Gasteiger partial charge in [0.1, 0.15) is 0 Å². The number of anilines is 1. The van der Waals surface area contributed by atoms with E-state index in [1.807, 2.05) is 48.5 Å². The van der Waals surface area contributed by atoms with Crippen LogP contribution in [0.4, 0.5) is 5.69 Å². The van der Waals surface area contributed by atoms with Gasteiger partial charge in [0.25, 0.3) is 0 Å². The van der Waals surface area contributed by atoms with Gasteiger partial charge < -0.3 is 10.4 Å². The van der Waals surface area contributed by atoms with Gasteiger partial charge in [0.05, 0.1) is 0 Å². The Kier molecular flexibility index (Phi) is 4.96. The quantitative estimate of drug-likeness (QED) is 0.809. The maximum atomic E-state index is 10.5. The van der Waals surface area contributed by atoms with Crippen molar-refractivity contribution in [3.63, 3.8) is 0 Å². The van der Waals surface area contributed by atoms with E-state index in [2.05, 4.69) is 21.2 Å². The molecular weight excluding hydrogens is 318 g/mol. The van der Waals surface area contributed by atoms with E-state index in [1.54, 1.807) is 6.08 Å².